The Balaban J connectivity index is 1.94. The number of hydrogen-bond acceptors (Lipinski definition) is 6. The van der Waals surface area contributed by atoms with Crippen molar-refractivity contribution in [1.82, 2.24) is 9.97 Å². The number of carbonyl (C=O) groups is 1. The van der Waals surface area contributed by atoms with Crippen LogP contribution in [-0.4, -0.2) is 28.0 Å². The molecule has 27 heavy (non-hydrogen) atoms. The van der Waals surface area contributed by atoms with Crippen molar-refractivity contribution in [1.29, 1.82) is 0 Å². The van der Waals surface area contributed by atoms with Crippen molar-refractivity contribution in [2.45, 2.75) is 51.6 Å². The van der Waals surface area contributed by atoms with E-state index in [1.54, 1.807) is 0 Å². The van der Waals surface area contributed by atoms with Crippen molar-refractivity contribution in [3.63, 3.8) is 0 Å². The second-order valence-electron chi connectivity index (χ2n) is 7.04. The van der Waals surface area contributed by atoms with Gasteiger partial charge in [-0.1, -0.05) is 12.8 Å². The van der Waals surface area contributed by atoms with Crippen molar-refractivity contribution in [3.05, 3.63) is 41.0 Å². The molecule has 0 bridgehead atoms. The Morgan fingerprint density at radius 3 is 2.41 bits per heavy atom. The lowest BCUT2D eigenvalue weighted by Gasteiger charge is -2.30. The summed E-state index contributed by atoms with van der Waals surface area (Å²) < 4.78 is 14.5. The Morgan fingerprint density at radius 2 is 1.78 bits per heavy atom. The van der Waals surface area contributed by atoms with Gasteiger partial charge in [-0.2, -0.15) is 0 Å². The Morgan fingerprint density at radius 1 is 1.11 bits per heavy atom. The number of primary amides is 1. The van der Waals surface area contributed by atoms with E-state index < -0.39 is 11.7 Å². The first-order chi connectivity index (χ1) is 12.8. The molecule has 2 unspecified atom stereocenters. The second-order valence-corrected chi connectivity index (χ2v) is 7.04. The van der Waals surface area contributed by atoms with Crippen molar-refractivity contribution < 1.29 is 9.18 Å². The summed E-state index contributed by atoms with van der Waals surface area (Å²) in [7, 11) is 0. The lowest BCUT2D eigenvalue weighted by Crippen LogP contribution is -2.43. The highest BCUT2D eigenvalue weighted by Gasteiger charge is 2.24. The summed E-state index contributed by atoms with van der Waals surface area (Å²) in [6, 6.07) is 4.62. The number of carbonyl (C=O) groups excluding carboxylic acids is 1. The van der Waals surface area contributed by atoms with Gasteiger partial charge in [0, 0.05) is 29.2 Å². The Bertz CT molecular complexity index is 836. The topological polar surface area (TPSA) is 119 Å². The third-order valence-electron chi connectivity index (χ3n) is 4.73. The summed E-state index contributed by atoms with van der Waals surface area (Å²) in [5.74, 6) is -1.13. The highest BCUT2D eigenvalue weighted by atomic mass is 19.1. The number of halogens is 1. The second kappa shape index (κ2) is 7.87. The zero-order valence-electron chi connectivity index (χ0n) is 15.6. The van der Waals surface area contributed by atoms with E-state index in [4.69, 9.17) is 11.5 Å². The van der Waals surface area contributed by atoms with Gasteiger partial charge in [0.1, 0.15) is 5.82 Å². The number of nitrogens with zero attached hydrogens (tertiary/aromatic N) is 2. The third kappa shape index (κ3) is 4.51. The van der Waals surface area contributed by atoms with Crippen molar-refractivity contribution in [2.75, 3.05) is 10.6 Å². The maximum Gasteiger partial charge on any atom is 0.252 e. The lowest BCUT2D eigenvalue weighted by molar-refractivity contribution is 0.100. The average molecular weight is 372 g/mol. The van der Waals surface area contributed by atoms with Gasteiger partial charge in [-0.3, -0.25) is 9.78 Å². The van der Waals surface area contributed by atoms with Crippen LogP contribution in [0.2, 0.25) is 0 Å². The molecule has 2 heterocycles. The smallest absolute Gasteiger partial charge is 0.252 e. The van der Waals surface area contributed by atoms with E-state index in [1.807, 2.05) is 26.0 Å². The molecule has 1 fully saturated rings. The normalized spacial score (nSPS) is 19.6. The fourth-order valence-electron chi connectivity index (χ4n) is 3.43. The van der Waals surface area contributed by atoms with E-state index in [9.17, 15) is 9.18 Å². The van der Waals surface area contributed by atoms with Crippen LogP contribution in [-0.2, 0) is 0 Å². The molecule has 7 nitrogen and oxygen atoms in total. The van der Waals surface area contributed by atoms with Gasteiger partial charge in [0.2, 0.25) is 0 Å². The summed E-state index contributed by atoms with van der Waals surface area (Å²) >= 11 is 0. The van der Waals surface area contributed by atoms with Crippen LogP contribution >= 0.6 is 0 Å². The minimum absolute atomic E-state index is 0.0156. The molecule has 2 aromatic rings. The number of aromatic nitrogens is 2. The van der Waals surface area contributed by atoms with E-state index in [0.717, 1.165) is 43.1 Å². The van der Waals surface area contributed by atoms with Gasteiger partial charge >= 0.3 is 0 Å². The molecule has 8 heteroatoms. The number of nitrogens with two attached hydrogens (primary N) is 2. The molecule has 0 aliphatic heterocycles. The standard InChI is InChI=1S/C19H25FN6O/c1-10-7-12(8-11(2)23-10)24-18-13(17(22)27)9-14(20)19(26-18)25-16-6-4-3-5-15(16)21/h7-9,15-16H,3-6,21H2,1-2H3,(H2,22,27)(H2,23,24,25,26). The number of aryl methyl sites for hydroxylation is 2. The van der Waals surface area contributed by atoms with Crippen molar-refractivity contribution >= 4 is 23.2 Å². The van der Waals surface area contributed by atoms with Gasteiger partial charge in [0.15, 0.2) is 11.6 Å². The summed E-state index contributed by atoms with van der Waals surface area (Å²) in [4.78, 5) is 20.4. The summed E-state index contributed by atoms with van der Waals surface area (Å²) in [6.07, 6.45) is 3.85. The van der Waals surface area contributed by atoms with Gasteiger partial charge in [-0.05, 0) is 44.9 Å². The summed E-state index contributed by atoms with van der Waals surface area (Å²) in [5.41, 5.74) is 13.9. The largest absolute Gasteiger partial charge is 0.365 e. The third-order valence-corrected chi connectivity index (χ3v) is 4.73. The first-order valence-corrected chi connectivity index (χ1v) is 9.08. The van der Waals surface area contributed by atoms with Gasteiger partial charge in [-0.15, -0.1) is 0 Å². The van der Waals surface area contributed by atoms with Gasteiger partial charge in [-0.25, -0.2) is 9.37 Å². The van der Waals surface area contributed by atoms with Crippen LogP contribution in [0.1, 0.15) is 47.4 Å². The van der Waals surface area contributed by atoms with Crippen LogP contribution in [0.4, 0.5) is 21.7 Å². The van der Waals surface area contributed by atoms with Crippen molar-refractivity contribution in [3.8, 4) is 0 Å². The molecule has 3 rings (SSSR count). The zero-order valence-corrected chi connectivity index (χ0v) is 15.6. The highest BCUT2D eigenvalue weighted by molar-refractivity contribution is 5.98. The van der Waals surface area contributed by atoms with Crippen LogP contribution < -0.4 is 22.1 Å². The molecule has 1 amide bonds. The Hall–Kier alpha value is -2.74. The van der Waals surface area contributed by atoms with E-state index in [1.165, 1.54) is 0 Å². The number of nitrogens with one attached hydrogen (secondary N) is 2. The van der Waals surface area contributed by atoms with Crippen LogP contribution in [0, 0.1) is 19.7 Å². The van der Waals surface area contributed by atoms with Crippen LogP contribution in [0.25, 0.3) is 0 Å². The predicted octanol–water partition coefficient (Wildman–Crippen LogP) is 2.76. The van der Waals surface area contributed by atoms with E-state index in [-0.39, 0.29) is 29.3 Å². The van der Waals surface area contributed by atoms with E-state index in [2.05, 4.69) is 20.6 Å². The van der Waals surface area contributed by atoms with Gasteiger partial charge in [0.05, 0.1) is 5.56 Å². The van der Waals surface area contributed by atoms with Crippen LogP contribution in [0.15, 0.2) is 18.2 Å². The molecule has 6 N–H and O–H groups in total. The Kier molecular flexibility index (Phi) is 5.55. The highest BCUT2D eigenvalue weighted by Crippen LogP contribution is 2.27. The number of pyridine rings is 2. The number of hydrogen-bond donors (Lipinski definition) is 4. The maximum atomic E-state index is 14.5. The molecular weight excluding hydrogens is 347 g/mol. The minimum Gasteiger partial charge on any atom is -0.365 e. The predicted molar refractivity (Wildman–Crippen MR) is 104 cm³/mol. The fraction of sp³-hybridized carbons (Fsp3) is 0.421. The monoisotopic (exact) mass is 372 g/mol. The first kappa shape index (κ1) is 19.0. The molecular formula is C19H25FN6O. The molecule has 0 saturated heterocycles. The van der Waals surface area contributed by atoms with Crippen LogP contribution in [0.5, 0.6) is 0 Å². The zero-order chi connectivity index (χ0) is 19.6. The first-order valence-electron chi connectivity index (χ1n) is 9.08. The SMILES string of the molecule is Cc1cc(Nc2nc(NC3CCCCC3N)c(F)cc2C(N)=O)cc(C)n1. The molecule has 0 radical (unpaired) electrons. The van der Waals surface area contributed by atoms with Gasteiger partial charge < -0.3 is 22.1 Å². The quantitative estimate of drug-likeness (QED) is 0.641. The molecule has 144 valence electrons. The fourth-order valence-corrected chi connectivity index (χ4v) is 3.43. The number of rotatable bonds is 5. The molecule has 2 aromatic heterocycles. The molecule has 2 atom stereocenters. The molecule has 0 spiro atoms. The van der Waals surface area contributed by atoms with Crippen LogP contribution in [0.3, 0.4) is 0 Å². The minimum atomic E-state index is -0.757. The Labute approximate surface area is 157 Å². The van der Waals surface area contributed by atoms with Crippen molar-refractivity contribution in [2.24, 2.45) is 11.5 Å². The maximum absolute atomic E-state index is 14.5. The lowest BCUT2D eigenvalue weighted by atomic mass is 9.91. The molecule has 1 aliphatic rings. The number of anilines is 3. The molecule has 1 saturated carbocycles. The summed E-state index contributed by atoms with van der Waals surface area (Å²) in [5, 5.41) is 6.16. The van der Waals surface area contributed by atoms with E-state index >= 15 is 0 Å². The van der Waals surface area contributed by atoms with E-state index in [0.29, 0.717) is 5.69 Å². The van der Waals surface area contributed by atoms with Gasteiger partial charge in [0.25, 0.3) is 5.91 Å². The number of amides is 1. The molecule has 1 aliphatic carbocycles. The average Bonchev–Trinajstić information content (AvgIpc) is 2.58. The molecule has 0 aromatic carbocycles. The summed E-state index contributed by atoms with van der Waals surface area (Å²) in [6.45, 7) is 3.73.